The molecule has 0 aromatic rings. The van der Waals surface area contributed by atoms with Crippen LogP contribution in [0.5, 0.6) is 0 Å². The van der Waals surface area contributed by atoms with E-state index in [-0.39, 0.29) is 0 Å². The summed E-state index contributed by atoms with van der Waals surface area (Å²) in [6, 6.07) is 0. The predicted molar refractivity (Wildman–Crippen MR) is 64.2 cm³/mol. The van der Waals surface area contributed by atoms with Crippen molar-refractivity contribution < 1.29 is 4.39 Å². The molecule has 1 heteroatoms. The van der Waals surface area contributed by atoms with E-state index in [0.29, 0.717) is 13.1 Å². The van der Waals surface area contributed by atoms with Crippen LogP contribution in [0.3, 0.4) is 0 Å². The first-order valence-electron chi connectivity index (χ1n) is 5.46. The zero-order valence-corrected chi connectivity index (χ0v) is 10.5. The van der Waals surface area contributed by atoms with Gasteiger partial charge < -0.3 is 0 Å². The van der Waals surface area contributed by atoms with Crippen LogP contribution in [-0.2, 0) is 0 Å². The molecule has 0 N–H and O–H groups in total. The van der Waals surface area contributed by atoms with Gasteiger partial charge in [-0.25, -0.2) is 0 Å². The van der Waals surface area contributed by atoms with Gasteiger partial charge in [-0.05, 0) is 23.8 Å². The highest BCUT2D eigenvalue weighted by atomic mass is 19.1. The van der Waals surface area contributed by atoms with Gasteiger partial charge in [-0.15, -0.1) is 0 Å². The molecule has 0 fully saturated rings. The number of halogens is 1. The maximum absolute atomic E-state index is 9.50. The summed E-state index contributed by atoms with van der Waals surface area (Å²) in [5.41, 5.74) is 1.50. The summed E-state index contributed by atoms with van der Waals surface area (Å²) in [6.07, 6.45) is 8.15. The van der Waals surface area contributed by atoms with E-state index < -0.39 is 0 Å². The van der Waals surface area contributed by atoms with Gasteiger partial charge in [0, 0.05) is 0 Å². The summed E-state index contributed by atoms with van der Waals surface area (Å²) in [4.78, 5) is 0. The monoisotopic (exact) mass is 200 g/mol. The third kappa shape index (κ3) is 6.88. The molecule has 0 saturated carbocycles. The third-order valence-electron chi connectivity index (χ3n) is 2.01. The van der Waals surface area contributed by atoms with Crippen LogP contribution < -0.4 is 0 Å². The first-order chi connectivity index (χ1) is 6.70. The van der Waals surface area contributed by atoms with E-state index in [1.165, 1.54) is 12.0 Å². The van der Waals surface area contributed by atoms with Crippen molar-refractivity contribution in [3.05, 3.63) is 23.8 Å². The molecule has 1 rings (SSSR count). The summed E-state index contributed by atoms with van der Waals surface area (Å²) in [5, 5.41) is 0. The Hall–Kier alpha value is -0.590. The van der Waals surface area contributed by atoms with E-state index in [2.05, 4.69) is 39.0 Å². The standard InChI is InChI=1S/C10H16.C2H6.CH3F/c1-8(2)10-6-4-9(3)5-7-10;2*1-2/h4,6-9H,5H2,1-3H3;1-2H3;1H3. The van der Waals surface area contributed by atoms with Crippen molar-refractivity contribution in [2.75, 3.05) is 7.18 Å². The van der Waals surface area contributed by atoms with Crippen molar-refractivity contribution in [2.24, 2.45) is 11.8 Å². The van der Waals surface area contributed by atoms with Gasteiger partial charge in [-0.2, -0.15) is 0 Å². The molecule has 1 atom stereocenters. The topological polar surface area (TPSA) is 0 Å². The maximum Gasteiger partial charge on any atom is 0.0785 e. The zero-order valence-electron chi connectivity index (χ0n) is 10.5. The number of rotatable bonds is 1. The van der Waals surface area contributed by atoms with Gasteiger partial charge in [0.2, 0.25) is 0 Å². The second kappa shape index (κ2) is 10.5. The molecule has 0 heterocycles. The van der Waals surface area contributed by atoms with Crippen LogP contribution in [0.25, 0.3) is 0 Å². The van der Waals surface area contributed by atoms with Crippen LogP contribution in [0.4, 0.5) is 4.39 Å². The quantitative estimate of drug-likeness (QED) is 0.571. The molecule has 1 aliphatic carbocycles. The molecule has 0 aromatic carbocycles. The average Bonchev–Trinajstić information content (AvgIpc) is 2.24. The Kier molecular flexibility index (Phi) is 11.9. The average molecular weight is 200 g/mol. The van der Waals surface area contributed by atoms with E-state index >= 15 is 0 Å². The first kappa shape index (κ1) is 15.9. The highest BCUT2D eigenvalue weighted by Crippen LogP contribution is 2.20. The Morgan fingerprint density at radius 2 is 1.79 bits per heavy atom. The van der Waals surface area contributed by atoms with E-state index in [4.69, 9.17) is 0 Å². The van der Waals surface area contributed by atoms with Gasteiger partial charge in [0.15, 0.2) is 0 Å². The fourth-order valence-electron chi connectivity index (χ4n) is 1.17. The van der Waals surface area contributed by atoms with Crippen molar-refractivity contribution >= 4 is 0 Å². The Labute approximate surface area is 88.9 Å². The fraction of sp³-hybridized carbons (Fsp3) is 0.692. The highest BCUT2D eigenvalue weighted by molar-refractivity contribution is 5.24. The van der Waals surface area contributed by atoms with Crippen molar-refractivity contribution in [1.29, 1.82) is 0 Å². The molecule has 0 aliphatic heterocycles. The lowest BCUT2D eigenvalue weighted by Crippen LogP contribution is -1.98. The van der Waals surface area contributed by atoms with E-state index in [1.807, 2.05) is 13.8 Å². The minimum absolute atomic E-state index is 0.500. The molecule has 0 spiro atoms. The molecular weight excluding hydrogens is 175 g/mol. The molecule has 0 nitrogen and oxygen atoms in total. The van der Waals surface area contributed by atoms with Gasteiger partial charge in [0.1, 0.15) is 0 Å². The Morgan fingerprint density at radius 3 is 2.07 bits per heavy atom. The zero-order chi connectivity index (χ0) is 11.6. The lowest BCUT2D eigenvalue weighted by atomic mass is 9.93. The number of allylic oxidation sites excluding steroid dienone is 4. The molecule has 0 amide bonds. The first-order valence-corrected chi connectivity index (χ1v) is 5.46. The van der Waals surface area contributed by atoms with Crippen molar-refractivity contribution in [1.82, 2.24) is 0 Å². The van der Waals surface area contributed by atoms with Crippen LogP contribution in [0, 0.1) is 11.8 Å². The van der Waals surface area contributed by atoms with Gasteiger partial charge >= 0.3 is 0 Å². The lowest BCUT2D eigenvalue weighted by molar-refractivity contribution is 0.636. The Morgan fingerprint density at radius 1 is 1.29 bits per heavy atom. The lowest BCUT2D eigenvalue weighted by Gasteiger charge is -2.13. The number of hydrogen-bond donors (Lipinski definition) is 0. The summed E-state index contributed by atoms with van der Waals surface area (Å²) in [5.74, 6) is 1.45. The van der Waals surface area contributed by atoms with Gasteiger partial charge in [-0.3, -0.25) is 4.39 Å². The van der Waals surface area contributed by atoms with Gasteiger partial charge in [0.25, 0.3) is 0 Å². The van der Waals surface area contributed by atoms with Gasteiger partial charge in [0.05, 0.1) is 7.18 Å². The van der Waals surface area contributed by atoms with E-state index in [1.54, 1.807) is 0 Å². The van der Waals surface area contributed by atoms with E-state index in [9.17, 15) is 4.39 Å². The summed E-state index contributed by atoms with van der Waals surface area (Å²) in [7, 11) is 0.500. The molecule has 0 aromatic heterocycles. The molecule has 14 heavy (non-hydrogen) atoms. The van der Waals surface area contributed by atoms with Crippen molar-refractivity contribution in [2.45, 2.75) is 41.0 Å². The normalized spacial score (nSPS) is 18.9. The van der Waals surface area contributed by atoms with Crippen LogP contribution in [0.1, 0.15) is 41.0 Å². The summed E-state index contributed by atoms with van der Waals surface area (Å²) >= 11 is 0. The van der Waals surface area contributed by atoms with Crippen molar-refractivity contribution in [3.63, 3.8) is 0 Å². The minimum atomic E-state index is 0.500. The summed E-state index contributed by atoms with van der Waals surface area (Å²) in [6.45, 7) is 10.7. The molecular formula is C13H25F. The summed E-state index contributed by atoms with van der Waals surface area (Å²) < 4.78 is 9.50. The largest absolute Gasteiger partial charge is 0.255 e. The molecule has 1 aliphatic rings. The number of hydrogen-bond acceptors (Lipinski definition) is 0. The molecule has 0 radical (unpaired) electrons. The second-order valence-electron chi connectivity index (χ2n) is 3.43. The minimum Gasteiger partial charge on any atom is -0.255 e. The Balaban J connectivity index is 0. The van der Waals surface area contributed by atoms with Crippen LogP contribution >= 0.6 is 0 Å². The maximum atomic E-state index is 9.50. The van der Waals surface area contributed by atoms with Gasteiger partial charge in [-0.1, -0.05) is 52.8 Å². The van der Waals surface area contributed by atoms with Crippen molar-refractivity contribution in [3.8, 4) is 0 Å². The van der Waals surface area contributed by atoms with Crippen LogP contribution in [-0.4, -0.2) is 7.18 Å². The smallest absolute Gasteiger partial charge is 0.0785 e. The predicted octanol–water partition coefficient (Wildman–Crippen LogP) is 4.78. The van der Waals surface area contributed by atoms with Crippen LogP contribution in [0.15, 0.2) is 23.8 Å². The second-order valence-corrected chi connectivity index (χ2v) is 3.43. The highest BCUT2D eigenvalue weighted by Gasteiger charge is 2.05. The molecule has 1 unspecified atom stereocenters. The van der Waals surface area contributed by atoms with E-state index in [0.717, 1.165) is 5.92 Å². The Bertz CT molecular complexity index is 166. The molecule has 84 valence electrons. The molecule has 0 saturated heterocycles. The van der Waals surface area contributed by atoms with Crippen LogP contribution in [0.2, 0.25) is 0 Å². The number of alkyl halides is 1. The molecule has 0 bridgehead atoms. The fourth-order valence-corrected chi connectivity index (χ4v) is 1.17. The third-order valence-corrected chi connectivity index (χ3v) is 2.01. The SMILES string of the molecule is CC.CC1C=CC(C(C)C)=CC1.CF.